The number of hydrogen-bond donors (Lipinski definition) is 1. The molecule has 1 heterocycles. The third-order valence-corrected chi connectivity index (χ3v) is 3.68. The third-order valence-electron chi connectivity index (χ3n) is 3.68. The van der Waals surface area contributed by atoms with Crippen LogP contribution in [0.25, 0.3) is 0 Å². The van der Waals surface area contributed by atoms with Gasteiger partial charge in [0.2, 0.25) is 5.91 Å². The van der Waals surface area contributed by atoms with Crippen LogP contribution >= 0.6 is 0 Å². The highest BCUT2D eigenvalue weighted by Gasteiger charge is 2.14. The molecule has 1 amide bonds. The Kier molecular flexibility index (Phi) is 6.80. The summed E-state index contributed by atoms with van der Waals surface area (Å²) in [5.74, 6) is 0.207. The lowest BCUT2D eigenvalue weighted by molar-refractivity contribution is -0.121. The SMILES string of the molecule is CN1CCN(CCNC(=O)CCCC(C)(C)C)CC1. The van der Waals surface area contributed by atoms with Crippen LogP contribution in [-0.4, -0.2) is 62.0 Å². The summed E-state index contributed by atoms with van der Waals surface area (Å²) in [7, 11) is 2.16. The molecule has 1 fully saturated rings. The second kappa shape index (κ2) is 7.85. The monoisotopic (exact) mass is 269 g/mol. The van der Waals surface area contributed by atoms with E-state index in [1.54, 1.807) is 0 Å². The molecule has 1 saturated heterocycles. The molecule has 0 aromatic rings. The Hall–Kier alpha value is -0.610. The second-order valence-corrected chi connectivity index (χ2v) is 6.91. The minimum absolute atomic E-state index is 0.207. The van der Waals surface area contributed by atoms with Crippen molar-refractivity contribution in [1.29, 1.82) is 0 Å². The number of nitrogens with one attached hydrogen (secondary N) is 1. The van der Waals surface area contributed by atoms with E-state index in [-0.39, 0.29) is 5.91 Å². The summed E-state index contributed by atoms with van der Waals surface area (Å²) < 4.78 is 0. The average molecular weight is 269 g/mol. The Labute approximate surface area is 118 Å². The smallest absolute Gasteiger partial charge is 0.220 e. The standard InChI is InChI=1S/C15H31N3O/c1-15(2,3)7-5-6-14(19)16-8-9-18-12-10-17(4)11-13-18/h5-13H2,1-4H3,(H,16,19). The molecule has 19 heavy (non-hydrogen) atoms. The molecular formula is C15H31N3O. The van der Waals surface area contributed by atoms with Crippen LogP contribution in [0.5, 0.6) is 0 Å². The second-order valence-electron chi connectivity index (χ2n) is 6.91. The van der Waals surface area contributed by atoms with Gasteiger partial charge in [-0.3, -0.25) is 9.69 Å². The van der Waals surface area contributed by atoms with Gasteiger partial charge in [0.25, 0.3) is 0 Å². The molecule has 0 aromatic heterocycles. The van der Waals surface area contributed by atoms with Crippen molar-refractivity contribution in [3.05, 3.63) is 0 Å². The maximum absolute atomic E-state index is 11.7. The first-order valence-electron chi connectivity index (χ1n) is 7.54. The minimum atomic E-state index is 0.207. The number of likely N-dealkylation sites (N-methyl/N-ethyl adjacent to an activating group) is 1. The fourth-order valence-electron chi connectivity index (χ4n) is 2.29. The van der Waals surface area contributed by atoms with Crippen molar-refractivity contribution in [3.8, 4) is 0 Å². The van der Waals surface area contributed by atoms with Gasteiger partial charge in [-0.15, -0.1) is 0 Å². The van der Waals surface area contributed by atoms with Crippen LogP contribution in [0.4, 0.5) is 0 Å². The van der Waals surface area contributed by atoms with Crippen LogP contribution in [0.2, 0.25) is 0 Å². The molecule has 0 aromatic carbocycles. The summed E-state index contributed by atoms with van der Waals surface area (Å²) in [6.45, 7) is 13.0. The summed E-state index contributed by atoms with van der Waals surface area (Å²) in [6, 6.07) is 0. The Balaban J connectivity index is 2.01. The predicted octanol–water partition coefficient (Wildman–Crippen LogP) is 1.57. The fourth-order valence-corrected chi connectivity index (χ4v) is 2.29. The Morgan fingerprint density at radius 3 is 2.37 bits per heavy atom. The molecule has 0 spiro atoms. The average Bonchev–Trinajstić information content (AvgIpc) is 2.30. The predicted molar refractivity (Wildman–Crippen MR) is 80.3 cm³/mol. The lowest BCUT2D eigenvalue weighted by Crippen LogP contribution is -2.46. The lowest BCUT2D eigenvalue weighted by Gasteiger charge is -2.32. The quantitative estimate of drug-likeness (QED) is 0.795. The molecule has 4 heteroatoms. The molecule has 1 N–H and O–H groups in total. The van der Waals surface area contributed by atoms with Gasteiger partial charge in [0.05, 0.1) is 0 Å². The molecule has 0 atom stereocenters. The Morgan fingerprint density at radius 2 is 1.79 bits per heavy atom. The molecule has 0 unspecified atom stereocenters. The number of rotatable bonds is 6. The summed E-state index contributed by atoms with van der Waals surface area (Å²) >= 11 is 0. The lowest BCUT2D eigenvalue weighted by atomic mass is 9.90. The van der Waals surface area contributed by atoms with Gasteiger partial charge in [0.1, 0.15) is 0 Å². The van der Waals surface area contributed by atoms with Crippen molar-refractivity contribution in [2.45, 2.75) is 40.0 Å². The van der Waals surface area contributed by atoms with Gasteiger partial charge < -0.3 is 10.2 Å². The van der Waals surface area contributed by atoms with E-state index in [0.717, 1.165) is 52.1 Å². The van der Waals surface area contributed by atoms with E-state index in [1.807, 2.05) is 0 Å². The van der Waals surface area contributed by atoms with Gasteiger partial charge in [0, 0.05) is 45.7 Å². The zero-order chi connectivity index (χ0) is 14.3. The van der Waals surface area contributed by atoms with E-state index in [1.165, 1.54) is 0 Å². The van der Waals surface area contributed by atoms with E-state index >= 15 is 0 Å². The van der Waals surface area contributed by atoms with E-state index in [2.05, 4.69) is 42.9 Å². The molecule has 1 aliphatic heterocycles. The molecule has 0 saturated carbocycles. The molecule has 4 nitrogen and oxygen atoms in total. The molecule has 1 rings (SSSR count). The first kappa shape index (κ1) is 16.4. The van der Waals surface area contributed by atoms with Crippen molar-refractivity contribution in [1.82, 2.24) is 15.1 Å². The van der Waals surface area contributed by atoms with Crippen LogP contribution in [0.15, 0.2) is 0 Å². The topological polar surface area (TPSA) is 35.6 Å². The highest BCUT2D eigenvalue weighted by atomic mass is 16.1. The van der Waals surface area contributed by atoms with E-state index in [4.69, 9.17) is 0 Å². The van der Waals surface area contributed by atoms with E-state index in [0.29, 0.717) is 11.8 Å². The minimum Gasteiger partial charge on any atom is -0.355 e. The van der Waals surface area contributed by atoms with Crippen LogP contribution in [-0.2, 0) is 4.79 Å². The first-order chi connectivity index (χ1) is 8.87. The molecular weight excluding hydrogens is 238 g/mol. The van der Waals surface area contributed by atoms with Crippen molar-refractivity contribution in [2.75, 3.05) is 46.3 Å². The van der Waals surface area contributed by atoms with Crippen LogP contribution < -0.4 is 5.32 Å². The molecule has 0 bridgehead atoms. The summed E-state index contributed by atoms with van der Waals surface area (Å²) in [5.41, 5.74) is 0.333. The van der Waals surface area contributed by atoms with Gasteiger partial charge in [-0.2, -0.15) is 0 Å². The van der Waals surface area contributed by atoms with Crippen LogP contribution in [0, 0.1) is 5.41 Å². The summed E-state index contributed by atoms with van der Waals surface area (Å²) in [5, 5.41) is 3.03. The maximum atomic E-state index is 11.7. The van der Waals surface area contributed by atoms with Crippen molar-refractivity contribution in [2.24, 2.45) is 5.41 Å². The van der Waals surface area contributed by atoms with Crippen molar-refractivity contribution in [3.63, 3.8) is 0 Å². The number of amides is 1. The maximum Gasteiger partial charge on any atom is 0.220 e. The zero-order valence-electron chi connectivity index (χ0n) is 13.2. The zero-order valence-corrected chi connectivity index (χ0v) is 13.2. The van der Waals surface area contributed by atoms with Crippen molar-refractivity contribution < 1.29 is 4.79 Å². The van der Waals surface area contributed by atoms with Crippen LogP contribution in [0.1, 0.15) is 40.0 Å². The summed E-state index contributed by atoms with van der Waals surface area (Å²) in [6.07, 6.45) is 2.77. The van der Waals surface area contributed by atoms with Crippen molar-refractivity contribution >= 4 is 5.91 Å². The van der Waals surface area contributed by atoms with Gasteiger partial charge in [0.15, 0.2) is 0 Å². The van der Waals surface area contributed by atoms with Gasteiger partial charge in [-0.25, -0.2) is 0 Å². The van der Waals surface area contributed by atoms with E-state index in [9.17, 15) is 4.79 Å². The first-order valence-corrected chi connectivity index (χ1v) is 7.54. The normalized spacial score (nSPS) is 18.5. The van der Waals surface area contributed by atoms with E-state index < -0.39 is 0 Å². The van der Waals surface area contributed by atoms with Gasteiger partial charge in [-0.05, 0) is 25.3 Å². The largest absolute Gasteiger partial charge is 0.355 e. The Bertz CT molecular complexity index is 265. The van der Waals surface area contributed by atoms with Crippen LogP contribution in [0.3, 0.4) is 0 Å². The van der Waals surface area contributed by atoms with Gasteiger partial charge >= 0.3 is 0 Å². The Morgan fingerprint density at radius 1 is 1.16 bits per heavy atom. The highest BCUT2D eigenvalue weighted by molar-refractivity contribution is 5.75. The molecule has 0 radical (unpaired) electrons. The number of carbonyl (C=O) groups is 1. The molecule has 0 aliphatic carbocycles. The number of piperazine rings is 1. The molecule has 112 valence electrons. The highest BCUT2D eigenvalue weighted by Crippen LogP contribution is 2.21. The summed E-state index contributed by atoms with van der Waals surface area (Å²) in [4.78, 5) is 16.5. The molecule has 1 aliphatic rings. The number of nitrogens with zero attached hydrogens (tertiary/aromatic N) is 2. The third kappa shape index (κ3) is 8.22. The van der Waals surface area contributed by atoms with Gasteiger partial charge in [-0.1, -0.05) is 20.8 Å². The fraction of sp³-hybridized carbons (Fsp3) is 0.933. The number of carbonyl (C=O) groups excluding carboxylic acids is 1. The number of hydrogen-bond acceptors (Lipinski definition) is 3.